The first-order valence-corrected chi connectivity index (χ1v) is 12.7. The number of benzene rings is 3. The van der Waals surface area contributed by atoms with Crippen molar-refractivity contribution in [2.24, 2.45) is 0 Å². The first-order valence-electron chi connectivity index (χ1n) is 12.2. The Morgan fingerprint density at radius 2 is 1.51 bits per heavy atom. The molecule has 0 radical (unpaired) electrons. The third-order valence-electron chi connectivity index (χ3n) is 6.77. The third-order valence-corrected chi connectivity index (χ3v) is 7.07. The van der Waals surface area contributed by atoms with Crippen molar-refractivity contribution in [1.82, 2.24) is 14.2 Å². The summed E-state index contributed by atoms with van der Waals surface area (Å²) in [5.74, 6) is 0.999. The normalized spacial score (nSPS) is 13.1. The summed E-state index contributed by atoms with van der Waals surface area (Å²) in [6.45, 7) is 5.18. The molecule has 0 aliphatic carbocycles. The molecule has 0 atom stereocenters. The molecule has 3 heterocycles. The Morgan fingerprint density at radius 3 is 2.20 bits per heavy atom. The summed E-state index contributed by atoms with van der Waals surface area (Å²) in [4.78, 5) is 0.694. The Balaban J connectivity index is 1.60. The van der Waals surface area contributed by atoms with Crippen LogP contribution in [0.1, 0.15) is 35.2 Å². The van der Waals surface area contributed by atoms with Gasteiger partial charge in [0.05, 0.1) is 0 Å². The fourth-order valence-corrected chi connectivity index (χ4v) is 5.71. The standard InChI is InChI=1S/C30H28N4S/c1-20-17-21(2)19-24(18-20)31-29(35)27-26(22-11-5-3-6-12-22)25-15-9-10-16-33-28(32-34(27)30(25)33)23-13-7-4-8-14-23/h3-8,11-14,17-19H,9-10,15-16H2,1-2H3,(H,31,35). The van der Waals surface area contributed by atoms with Crippen LogP contribution in [-0.2, 0) is 13.0 Å². The van der Waals surface area contributed by atoms with Crippen molar-refractivity contribution in [3.8, 4) is 22.5 Å². The number of anilines is 1. The van der Waals surface area contributed by atoms with Gasteiger partial charge in [0.1, 0.15) is 16.3 Å². The lowest BCUT2D eigenvalue weighted by molar-refractivity contribution is 0.645. The number of aromatic nitrogens is 3. The van der Waals surface area contributed by atoms with Crippen LogP contribution in [0, 0.1) is 13.8 Å². The number of hydrogen-bond donors (Lipinski definition) is 1. The largest absolute Gasteiger partial charge is 0.345 e. The van der Waals surface area contributed by atoms with Gasteiger partial charge >= 0.3 is 0 Å². The summed E-state index contributed by atoms with van der Waals surface area (Å²) in [6.07, 6.45) is 3.29. The topological polar surface area (TPSA) is 34.3 Å². The summed E-state index contributed by atoms with van der Waals surface area (Å²) >= 11 is 6.11. The van der Waals surface area contributed by atoms with Gasteiger partial charge < -0.3 is 9.88 Å². The van der Waals surface area contributed by atoms with E-state index < -0.39 is 0 Å². The average molecular weight is 477 g/mol. The molecule has 3 aromatic carbocycles. The molecule has 2 aromatic heterocycles. The Labute approximate surface area is 211 Å². The molecule has 0 saturated carbocycles. The summed E-state index contributed by atoms with van der Waals surface area (Å²) in [6, 6.07) is 27.6. The van der Waals surface area contributed by atoms with Gasteiger partial charge in [-0.1, -0.05) is 78.9 Å². The molecule has 35 heavy (non-hydrogen) atoms. The van der Waals surface area contributed by atoms with Crippen molar-refractivity contribution in [1.29, 1.82) is 0 Å². The maximum absolute atomic E-state index is 6.11. The van der Waals surface area contributed by atoms with E-state index in [-0.39, 0.29) is 0 Å². The predicted molar refractivity (Wildman–Crippen MR) is 148 cm³/mol. The molecule has 1 N–H and O–H groups in total. The van der Waals surface area contributed by atoms with E-state index in [9.17, 15) is 0 Å². The molecule has 4 nitrogen and oxygen atoms in total. The number of thiocarbonyl (C=S) groups is 1. The van der Waals surface area contributed by atoms with Crippen LogP contribution in [0.5, 0.6) is 0 Å². The van der Waals surface area contributed by atoms with Crippen LogP contribution >= 0.6 is 12.2 Å². The maximum Gasteiger partial charge on any atom is 0.162 e. The zero-order chi connectivity index (χ0) is 23.9. The molecule has 0 amide bonds. The summed E-state index contributed by atoms with van der Waals surface area (Å²) < 4.78 is 4.50. The van der Waals surface area contributed by atoms with E-state index in [2.05, 4.69) is 107 Å². The van der Waals surface area contributed by atoms with E-state index in [1.54, 1.807) is 0 Å². The monoisotopic (exact) mass is 476 g/mol. The molecule has 174 valence electrons. The quantitative estimate of drug-likeness (QED) is 0.278. The number of rotatable bonds is 4. The molecule has 1 aliphatic heterocycles. The SMILES string of the molecule is Cc1cc(C)cc(NC(=S)c2c(-c3ccccc3)c3c4n(c(-c5ccccc5)nn24)CCCC3)c1. The van der Waals surface area contributed by atoms with Gasteiger partial charge in [0.2, 0.25) is 0 Å². The minimum absolute atomic E-state index is 0.694. The van der Waals surface area contributed by atoms with E-state index in [0.29, 0.717) is 4.99 Å². The first kappa shape index (κ1) is 21.8. The van der Waals surface area contributed by atoms with E-state index in [0.717, 1.165) is 48.6 Å². The number of nitrogens with one attached hydrogen (secondary N) is 1. The molecule has 6 rings (SSSR count). The molecule has 1 aliphatic rings. The summed E-state index contributed by atoms with van der Waals surface area (Å²) in [5, 5.41) is 8.74. The molecular formula is C30H28N4S. The van der Waals surface area contributed by atoms with Gasteiger partial charge in [0.25, 0.3) is 0 Å². The van der Waals surface area contributed by atoms with E-state index in [1.165, 1.54) is 33.5 Å². The molecule has 0 saturated heterocycles. The fraction of sp³-hybridized carbons (Fsp3) is 0.200. The van der Waals surface area contributed by atoms with Gasteiger partial charge in [-0.05, 0) is 61.9 Å². The predicted octanol–water partition coefficient (Wildman–Crippen LogP) is 7.21. The minimum Gasteiger partial charge on any atom is -0.345 e. The highest BCUT2D eigenvalue weighted by Crippen LogP contribution is 2.38. The lowest BCUT2D eigenvalue weighted by Crippen LogP contribution is -2.15. The van der Waals surface area contributed by atoms with Gasteiger partial charge in [0, 0.05) is 28.9 Å². The second-order valence-corrected chi connectivity index (χ2v) is 9.84. The highest BCUT2D eigenvalue weighted by atomic mass is 32.1. The van der Waals surface area contributed by atoms with Crippen molar-refractivity contribution >= 4 is 28.5 Å². The second kappa shape index (κ2) is 8.82. The van der Waals surface area contributed by atoms with Crippen LogP contribution < -0.4 is 5.32 Å². The van der Waals surface area contributed by atoms with Crippen molar-refractivity contribution < 1.29 is 0 Å². The summed E-state index contributed by atoms with van der Waals surface area (Å²) in [5.41, 5.74) is 10.4. The Morgan fingerprint density at radius 1 is 0.857 bits per heavy atom. The Hall–Kier alpha value is -3.70. The first-order chi connectivity index (χ1) is 17.1. The van der Waals surface area contributed by atoms with Crippen LogP contribution in [0.25, 0.3) is 28.2 Å². The smallest absolute Gasteiger partial charge is 0.162 e. The van der Waals surface area contributed by atoms with Crippen molar-refractivity contribution in [3.63, 3.8) is 0 Å². The highest BCUT2D eigenvalue weighted by Gasteiger charge is 2.29. The zero-order valence-corrected chi connectivity index (χ0v) is 20.9. The van der Waals surface area contributed by atoms with Crippen LogP contribution in [0.2, 0.25) is 0 Å². The molecule has 5 heteroatoms. The lowest BCUT2D eigenvalue weighted by Gasteiger charge is -2.13. The van der Waals surface area contributed by atoms with Crippen LogP contribution in [-0.4, -0.2) is 19.2 Å². The van der Waals surface area contributed by atoms with Gasteiger partial charge in [-0.2, -0.15) is 0 Å². The molecule has 0 unspecified atom stereocenters. The minimum atomic E-state index is 0.694. The fourth-order valence-electron chi connectivity index (χ4n) is 5.40. The van der Waals surface area contributed by atoms with Crippen molar-refractivity contribution in [2.75, 3.05) is 5.32 Å². The van der Waals surface area contributed by atoms with Crippen LogP contribution in [0.15, 0.2) is 78.9 Å². The average Bonchev–Trinajstić information content (AvgIpc) is 3.27. The van der Waals surface area contributed by atoms with Crippen LogP contribution in [0.3, 0.4) is 0 Å². The van der Waals surface area contributed by atoms with Crippen molar-refractivity contribution in [3.05, 3.63) is 101 Å². The molecule has 0 fully saturated rings. The van der Waals surface area contributed by atoms with Crippen LogP contribution in [0.4, 0.5) is 5.69 Å². The number of aryl methyl sites for hydroxylation is 4. The third kappa shape index (κ3) is 3.86. The van der Waals surface area contributed by atoms with Gasteiger partial charge in [-0.3, -0.25) is 0 Å². The molecule has 0 bridgehead atoms. The maximum atomic E-state index is 6.11. The van der Waals surface area contributed by atoms with Gasteiger partial charge in [-0.15, -0.1) is 5.10 Å². The Kier molecular flexibility index (Phi) is 5.50. The summed E-state index contributed by atoms with van der Waals surface area (Å²) in [7, 11) is 0. The van der Waals surface area contributed by atoms with Gasteiger partial charge in [0.15, 0.2) is 5.82 Å². The van der Waals surface area contributed by atoms with Gasteiger partial charge in [-0.25, -0.2) is 4.52 Å². The molecular weight excluding hydrogens is 448 g/mol. The van der Waals surface area contributed by atoms with E-state index in [4.69, 9.17) is 17.3 Å². The van der Waals surface area contributed by atoms with E-state index >= 15 is 0 Å². The van der Waals surface area contributed by atoms with Crippen molar-refractivity contribution in [2.45, 2.75) is 39.7 Å². The molecule has 5 aromatic rings. The molecule has 0 spiro atoms. The lowest BCUT2D eigenvalue weighted by atomic mass is 9.98. The second-order valence-electron chi connectivity index (χ2n) is 9.43. The number of hydrogen-bond acceptors (Lipinski definition) is 2. The highest BCUT2D eigenvalue weighted by molar-refractivity contribution is 7.81. The Bertz CT molecular complexity index is 1520. The number of nitrogens with zero attached hydrogens (tertiary/aromatic N) is 3. The van der Waals surface area contributed by atoms with E-state index in [1.807, 2.05) is 0 Å². The zero-order valence-electron chi connectivity index (χ0n) is 20.1.